The molecule has 0 atom stereocenters. The summed E-state index contributed by atoms with van der Waals surface area (Å²) in [6.45, 7) is 0. The smallest absolute Gasteiger partial charge is 0.453 e. The summed E-state index contributed by atoms with van der Waals surface area (Å²) in [6.07, 6.45) is -4.93. The van der Waals surface area contributed by atoms with Gasteiger partial charge in [0, 0.05) is 0 Å². The number of aldehydes is 1. The zero-order valence-electron chi connectivity index (χ0n) is 7.29. The number of alkyl halides is 3. The molecule has 0 radical (unpaired) electrons. The van der Waals surface area contributed by atoms with Crippen LogP contribution in [0, 0.1) is 0 Å². The standard InChI is InChI=1S/C7H4F3NO4/c1-14-6(13)4-3(2-12)11-15-5(4)7(8,9)10/h2H,1H3. The molecule has 1 heterocycles. The van der Waals surface area contributed by atoms with Crippen molar-refractivity contribution in [1.29, 1.82) is 0 Å². The van der Waals surface area contributed by atoms with Gasteiger partial charge in [-0.3, -0.25) is 4.79 Å². The van der Waals surface area contributed by atoms with Crippen LogP contribution < -0.4 is 0 Å². The number of halogens is 3. The molecular weight excluding hydrogens is 219 g/mol. The minimum atomic E-state index is -4.90. The highest BCUT2D eigenvalue weighted by molar-refractivity contribution is 5.98. The summed E-state index contributed by atoms with van der Waals surface area (Å²) in [6, 6.07) is 0. The predicted molar refractivity (Wildman–Crippen MR) is 38.2 cm³/mol. The Bertz CT molecular complexity index is 395. The van der Waals surface area contributed by atoms with Crippen molar-refractivity contribution < 1.29 is 32.0 Å². The van der Waals surface area contributed by atoms with Crippen molar-refractivity contribution in [3.8, 4) is 0 Å². The van der Waals surface area contributed by atoms with E-state index in [1.165, 1.54) is 0 Å². The number of hydrogen-bond donors (Lipinski definition) is 0. The summed E-state index contributed by atoms with van der Waals surface area (Å²) >= 11 is 0. The largest absolute Gasteiger partial charge is 0.465 e. The molecule has 0 saturated heterocycles. The maximum Gasteiger partial charge on any atom is 0.453 e. The van der Waals surface area contributed by atoms with Gasteiger partial charge in [0.1, 0.15) is 5.56 Å². The summed E-state index contributed by atoms with van der Waals surface area (Å²) in [5.41, 5.74) is -1.76. The van der Waals surface area contributed by atoms with Crippen LogP contribution >= 0.6 is 0 Å². The van der Waals surface area contributed by atoms with Gasteiger partial charge in [0.15, 0.2) is 12.0 Å². The molecule has 1 aromatic heterocycles. The van der Waals surface area contributed by atoms with Gasteiger partial charge in [-0.05, 0) is 0 Å². The van der Waals surface area contributed by atoms with Crippen LogP contribution in [0.1, 0.15) is 26.6 Å². The number of esters is 1. The Morgan fingerprint density at radius 3 is 2.53 bits per heavy atom. The van der Waals surface area contributed by atoms with E-state index in [0.717, 1.165) is 7.11 Å². The van der Waals surface area contributed by atoms with Crippen molar-refractivity contribution in [1.82, 2.24) is 5.16 Å². The van der Waals surface area contributed by atoms with Gasteiger partial charge in [-0.25, -0.2) is 4.79 Å². The fourth-order valence-electron chi connectivity index (χ4n) is 0.876. The summed E-state index contributed by atoms with van der Waals surface area (Å²) in [7, 11) is 0.879. The second-order valence-electron chi connectivity index (χ2n) is 2.38. The van der Waals surface area contributed by atoms with E-state index < -0.39 is 29.2 Å². The molecule has 5 nitrogen and oxygen atoms in total. The lowest BCUT2D eigenvalue weighted by Crippen LogP contribution is -2.13. The Morgan fingerprint density at radius 2 is 2.13 bits per heavy atom. The molecule has 0 aliphatic rings. The zero-order chi connectivity index (χ0) is 11.6. The van der Waals surface area contributed by atoms with Crippen LogP contribution in [0.3, 0.4) is 0 Å². The number of aromatic nitrogens is 1. The van der Waals surface area contributed by atoms with Crippen LogP contribution in [0.25, 0.3) is 0 Å². The second-order valence-corrected chi connectivity index (χ2v) is 2.38. The minimum absolute atomic E-state index is 0.0228. The van der Waals surface area contributed by atoms with Gasteiger partial charge >= 0.3 is 12.1 Å². The molecule has 1 aromatic rings. The van der Waals surface area contributed by atoms with Crippen LogP contribution in [0.2, 0.25) is 0 Å². The van der Waals surface area contributed by atoms with Crippen LogP contribution in [-0.2, 0) is 10.9 Å². The second kappa shape index (κ2) is 3.71. The fourth-order valence-corrected chi connectivity index (χ4v) is 0.876. The number of carbonyl (C=O) groups excluding carboxylic acids is 2. The van der Waals surface area contributed by atoms with Crippen molar-refractivity contribution in [2.75, 3.05) is 7.11 Å². The quantitative estimate of drug-likeness (QED) is 0.558. The van der Waals surface area contributed by atoms with E-state index in [1.54, 1.807) is 0 Å². The lowest BCUT2D eigenvalue weighted by Gasteiger charge is -2.02. The Balaban J connectivity index is 3.36. The summed E-state index contributed by atoms with van der Waals surface area (Å²) in [4.78, 5) is 21.2. The minimum Gasteiger partial charge on any atom is -0.465 e. The number of nitrogens with zero attached hydrogens (tertiary/aromatic N) is 1. The first-order valence-electron chi connectivity index (χ1n) is 3.52. The maximum absolute atomic E-state index is 12.2. The van der Waals surface area contributed by atoms with Crippen LogP contribution in [0.5, 0.6) is 0 Å². The highest BCUT2D eigenvalue weighted by Crippen LogP contribution is 2.33. The van der Waals surface area contributed by atoms with Crippen LogP contribution in [-0.4, -0.2) is 24.5 Å². The third-order valence-corrected chi connectivity index (χ3v) is 1.48. The van der Waals surface area contributed by atoms with E-state index in [0.29, 0.717) is 0 Å². The van der Waals surface area contributed by atoms with E-state index in [-0.39, 0.29) is 6.29 Å². The molecule has 0 fully saturated rings. The van der Waals surface area contributed by atoms with E-state index in [2.05, 4.69) is 14.4 Å². The topological polar surface area (TPSA) is 69.4 Å². The molecule has 0 bridgehead atoms. The molecule has 0 aliphatic heterocycles. The predicted octanol–water partition coefficient (Wildman–Crippen LogP) is 1.29. The monoisotopic (exact) mass is 223 g/mol. The third-order valence-electron chi connectivity index (χ3n) is 1.48. The maximum atomic E-state index is 12.2. The molecule has 8 heteroatoms. The van der Waals surface area contributed by atoms with Gasteiger partial charge in [-0.15, -0.1) is 0 Å². The number of hydrogen-bond acceptors (Lipinski definition) is 5. The SMILES string of the molecule is COC(=O)c1c(C=O)noc1C(F)(F)F. The number of methoxy groups -OCH3 is 1. The van der Waals surface area contributed by atoms with Crippen molar-refractivity contribution in [3.63, 3.8) is 0 Å². The van der Waals surface area contributed by atoms with Crippen LogP contribution in [0.15, 0.2) is 4.52 Å². The van der Waals surface area contributed by atoms with E-state index in [9.17, 15) is 22.8 Å². The molecule has 0 N–H and O–H groups in total. The zero-order valence-corrected chi connectivity index (χ0v) is 7.29. The molecule has 15 heavy (non-hydrogen) atoms. The summed E-state index contributed by atoms with van der Waals surface area (Å²) in [5, 5.41) is 2.81. The highest BCUT2D eigenvalue weighted by Gasteiger charge is 2.43. The Labute approximate surface area is 80.8 Å². The van der Waals surface area contributed by atoms with Gasteiger partial charge in [0.05, 0.1) is 7.11 Å². The third kappa shape index (κ3) is 1.97. The first-order chi connectivity index (χ1) is 6.91. The molecule has 0 aromatic carbocycles. The molecule has 0 amide bonds. The first-order valence-corrected chi connectivity index (χ1v) is 3.52. The van der Waals surface area contributed by atoms with E-state index >= 15 is 0 Å². The molecular formula is C7H4F3NO4. The Hall–Kier alpha value is -1.86. The van der Waals surface area contributed by atoms with E-state index in [1.807, 2.05) is 0 Å². The van der Waals surface area contributed by atoms with Gasteiger partial charge < -0.3 is 9.26 Å². The lowest BCUT2D eigenvalue weighted by atomic mass is 10.2. The molecule has 0 aliphatic carbocycles. The van der Waals surface area contributed by atoms with E-state index in [4.69, 9.17) is 0 Å². The van der Waals surface area contributed by atoms with Gasteiger partial charge in [0.2, 0.25) is 0 Å². The number of carbonyl (C=O) groups is 2. The molecule has 0 saturated carbocycles. The summed E-state index contributed by atoms with van der Waals surface area (Å²) in [5.74, 6) is -2.97. The Kier molecular flexibility index (Phi) is 2.78. The number of rotatable bonds is 2. The van der Waals surface area contributed by atoms with Crippen LogP contribution in [0.4, 0.5) is 13.2 Å². The van der Waals surface area contributed by atoms with Gasteiger partial charge in [-0.2, -0.15) is 13.2 Å². The molecule has 82 valence electrons. The first kappa shape index (κ1) is 11.2. The van der Waals surface area contributed by atoms with Crippen molar-refractivity contribution in [3.05, 3.63) is 17.0 Å². The molecule has 0 spiro atoms. The Morgan fingerprint density at radius 1 is 1.53 bits per heavy atom. The van der Waals surface area contributed by atoms with Crippen molar-refractivity contribution >= 4 is 12.3 Å². The normalized spacial score (nSPS) is 11.2. The average molecular weight is 223 g/mol. The van der Waals surface area contributed by atoms with Crippen molar-refractivity contribution in [2.24, 2.45) is 0 Å². The molecule has 1 rings (SSSR count). The molecule has 0 unspecified atom stereocenters. The average Bonchev–Trinajstić information content (AvgIpc) is 2.59. The fraction of sp³-hybridized carbons (Fsp3) is 0.286. The van der Waals surface area contributed by atoms with Crippen molar-refractivity contribution in [2.45, 2.75) is 6.18 Å². The number of ether oxygens (including phenoxy) is 1. The van der Waals surface area contributed by atoms with Gasteiger partial charge in [0.25, 0.3) is 5.76 Å². The van der Waals surface area contributed by atoms with Gasteiger partial charge in [-0.1, -0.05) is 5.16 Å². The summed E-state index contributed by atoms with van der Waals surface area (Å²) < 4.78 is 44.7. The highest BCUT2D eigenvalue weighted by atomic mass is 19.4. The lowest BCUT2D eigenvalue weighted by molar-refractivity contribution is -0.156.